The monoisotopic (exact) mass is 479 g/mol. The van der Waals surface area contributed by atoms with E-state index in [9.17, 15) is 18.5 Å². The van der Waals surface area contributed by atoms with E-state index in [0.717, 1.165) is 56.0 Å². The number of aryl methyl sites for hydroxylation is 1. The number of hydrogen-bond donors (Lipinski definition) is 0. The average Bonchev–Trinajstić information content (AvgIpc) is 3.01. The van der Waals surface area contributed by atoms with E-state index in [1.807, 2.05) is 11.8 Å². The van der Waals surface area contributed by atoms with E-state index >= 15 is 0 Å². The molecule has 0 bridgehead atoms. The van der Waals surface area contributed by atoms with Crippen molar-refractivity contribution in [3.63, 3.8) is 0 Å². The number of anilines is 1. The summed E-state index contributed by atoms with van der Waals surface area (Å²) in [6.45, 7) is 6.51. The minimum Gasteiger partial charge on any atom is -0.363 e. The molecule has 1 aromatic carbocycles. The number of sulfonamides is 1. The first-order chi connectivity index (χ1) is 15.3. The number of nitro benzene ring substituents is 1. The minimum absolute atomic E-state index is 0.00684. The van der Waals surface area contributed by atoms with Crippen molar-refractivity contribution in [3.8, 4) is 0 Å². The fourth-order valence-corrected chi connectivity index (χ4v) is 6.51. The van der Waals surface area contributed by atoms with Crippen molar-refractivity contribution >= 4 is 32.7 Å². The maximum atomic E-state index is 13.1. The first-order valence-electron chi connectivity index (χ1n) is 11.0. The Labute approximate surface area is 192 Å². The van der Waals surface area contributed by atoms with Crippen LogP contribution in [0.15, 0.2) is 28.5 Å². The smallest absolute Gasteiger partial charge is 0.293 e. The van der Waals surface area contributed by atoms with Gasteiger partial charge in [0.15, 0.2) is 0 Å². The zero-order valence-corrected chi connectivity index (χ0v) is 19.9. The molecule has 32 heavy (non-hydrogen) atoms. The molecule has 0 spiro atoms. The molecule has 0 aliphatic carbocycles. The van der Waals surface area contributed by atoms with E-state index in [-0.39, 0.29) is 10.6 Å². The van der Waals surface area contributed by atoms with Gasteiger partial charge in [0.1, 0.15) is 5.69 Å². The number of benzene rings is 1. The van der Waals surface area contributed by atoms with E-state index in [2.05, 4.69) is 15.3 Å². The summed E-state index contributed by atoms with van der Waals surface area (Å²) in [7, 11) is -3.73. The summed E-state index contributed by atoms with van der Waals surface area (Å²) >= 11 is 1.63. The highest BCUT2D eigenvalue weighted by Crippen LogP contribution is 2.33. The Bertz CT molecular complexity index is 1060. The Hall–Kier alpha value is -2.08. The molecule has 0 radical (unpaired) electrons. The van der Waals surface area contributed by atoms with Gasteiger partial charge in [0.05, 0.1) is 20.5 Å². The normalized spacial score (nSPS) is 19.1. The van der Waals surface area contributed by atoms with Crippen LogP contribution in [0.5, 0.6) is 0 Å². The summed E-state index contributed by atoms with van der Waals surface area (Å²) in [5.41, 5.74) is 1.38. The van der Waals surface area contributed by atoms with Gasteiger partial charge in [-0.1, -0.05) is 12.8 Å². The van der Waals surface area contributed by atoms with Crippen LogP contribution in [0.25, 0.3) is 0 Å². The van der Waals surface area contributed by atoms with Crippen LogP contribution in [0.2, 0.25) is 0 Å². The Balaban J connectivity index is 1.49. The molecule has 174 valence electrons. The van der Waals surface area contributed by atoms with Crippen LogP contribution in [0, 0.1) is 17.0 Å². The third-order valence-electron chi connectivity index (χ3n) is 6.11. The number of piperazine rings is 1. The summed E-state index contributed by atoms with van der Waals surface area (Å²) in [6, 6.07) is 4.36. The van der Waals surface area contributed by atoms with Crippen LogP contribution in [0.1, 0.15) is 36.4 Å². The van der Waals surface area contributed by atoms with Crippen LogP contribution in [-0.2, 0) is 16.6 Å². The highest BCUT2D eigenvalue weighted by atomic mass is 32.2. The highest BCUT2D eigenvalue weighted by molar-refractivity contribution is 7.89. The van der Waals surface area contributed by atoms with Crippen LogP contribution in [0.4, 0.5) is 11.4 Å². The largest absolute Gasteiger partial charge is 0.363 e. The summed E-state index contributed by atoms with van der Waals surface area (Å²) in [4.78, 5) is 20.1. The minimum atomic E-state index is -3.73. The van der Waals surface area contributed by atoms with E-state index in [1.54, 1.807) is 17.4 Å². The lowest BCUT2D eigenvalue weighted by Crippen LogP contribution is -2.46. The molecule has 0 N–H and O–H groups in total. The SMILES string of the molecule is Cc1nc(CN2CCN(c3ccc(S(=O)(=O)N4CCCCCC4)cc3[N+](=O)[O-])CC2)cs1. The van der Waals surface area contributed by atoms with Gasteiger partial charge < -0.3 is 4.90 Å². The van der Waals surface area contributed by atoms with Crippen molar-refractivity contribution in [2.45, 2.75) is 44.0 Å². The molecule has 0 unspecified atom stereocenters. The number of rotatable bonds is 6. The predicted octanol–water partition coefficient (Wildman–Crippen LogP) is 3.25. The zero-order chi connectivity index (χ0) is 22.7. The third-order valence-corrected chi connectivity index (χ3v) is 8.83. The maximum absolute atomic E-state index is 13.1. The molecule has 3 heterocycles. The number of aromatic nitrogens is 1. The van der Waals surface area contributed by atoms with Gasteiger partial charge in [-0.3, -0.25) is 15.0 Å². The van der Waals surface area contributed by atoms with Gasteiger partial charge in [-0.25, -0.2) is 13.4 Å². The molecule has 0 saturated carbocycles. The van der Waals surface area contributed by atoms with Gasteiger partial charge in [-0.2, -0.15) is 4.31 Å². The lowest BCUT2D eigenvalue weighted by Gasteiger charge is -2.35. The van der Waals surface area contributed by atoms with Gasteiger partial charge >= 0.3 is 0 Å². The Morgan fingerprint density at radius 1 is 1.06 bits per heavy atom. The summed E-state index contributed by atoms with van der Waals surface area (Å²) < 4.78 is 27.7. The average molecular weight is 480 g/mol. The highest BCUT2D eigenvalue weighted by Gasteiger charge is 2.30. The molecule has 0 atom stereocenters. The van der Waals surface area contributed by atoms with E-state index in [1.165, 1.54) is 16.4 Å². The molecule has 1 aromatic heterocycles. The first kappa shape index (κ1) is 23.1. The molecule has 2 fully saturated rings. The maximum Gasteiger partial charge on any atom is 0.293 e. The van der Waals surface area contributed by atoms with E-state index < -0.39 is 14.9 Å². The molecule has 0 amide bonds. The van der Waals surface area contributed by atoms with Crippen molar-refractivity contribution in [2.24, 2.45) is 0 Å². The van der Waals surface area contributed by atoms with Gasteiger partial charge in [-0.15, -0.1) is 11.3 Å². The second-order valence-corrected chi connectivity index (χ2v) is 11.3. The molecule has 4 rings (SSSR count). The van der Waals surface area contributed by atoms with Crippen molar-refractivity contribution in [1.82, 2.24) is 14.2 Å². The van der Waals surface area contributed by atoms with Crippen LogP contribution in [0.3, 0.4) is 0 Å². The molecule has 2 aromatic rings. The number of nitrogens with zero attached hydrogens (tertiary/aromatic N) is 5. The summed E-state index contributed by atoms with van der Waals surface area (Å²) in [5, 5.41) is 14.9. The third kappa shape index (κ3) is 5.11. The predicted molar refractivity (Wildman–Crippen MR) is 125 cm³/mol. The first-order valence-corrected chi connectivity index (χ1v) is 13.3. The van der Waals surface area contributed by atoms with Crippen molar-refractivity contribution < 1.29 is 13.3 Å². The Morgan fingerprint density at radius 3 is 2.34 bits per heavy atom. The van der Waals surface area contributed by atoms with Gasteiger partial charge in [0.25, 0.3) is 5.69 Å². The Morgan fingerprint density at radius 2 is 1.75 bits per heavy atom. The van der Waals surface area contributed by atoms with Crippen molar-refractivity contribution in [3.05, 3.63) is 44.4 Å². The zero-order valence-electron chi connectivity index (χ0n) is 18.3. The van der Waals surface area contributed by atoms with Crippen molar-refractivity contribution in [1.29, 1.82) is 0 Å². The molecule has 2 aliphatic heterocycles. The standard InChI is InChI=1S/C21H29N5O4S2/c1-17-22-18(16-31-17)15-23-10-12-24(13-11-23)20-7-6-19(14-21(20)26(27)28)32(29,30)25-8-4-2-3-5-9-25/h6-7,14,16H,2-5,8-13,15H2,1H3. The summed E-state index contributed by atoms with van der Waals surface area (Å²) in [6.07, 6.45) is 3.67. The molecule has 2 aliphatic rings. The second-order valence-electron chi connectivity index (χ2n) is 8.35. The molecular formula is C21H29N5O4S2. The van der Waals surface area contributed by atoms with E-state index in [0.29, 0.717) is 31.9 Å². The molecule has 11 heteroatoms. The molecule has 2 saturated heterocycles. The number of hydrogen-bond acceptors (Lipinski definition) is 8. The fourth-order valence-electron chi connectivity index (χ4n) is 4.37. The van der Waals surface area contributed by atoms with Crippen LogP contribution < -0.4 is 4.90 Å². The van der Waals surface area contributed by atoms with Gasteiger partial charge in [0, 0.05) is 57.3 Å². The van der Waals surface area contributed by atoms with Gasteiger partial charge in [-0.05, 0) is 31.9 Å². The fraction of sp³-hybridized carbons (Fsp3) is 0.571. The van der Waals surface area contributed by atoms with Crippen LogP contribution in [-0.4, -0.2) is 66.8 Å². The quantitative estimate of drug-likeness (QED) is 0.463. The lowest BCUT2D eigenvalue weighted by atomic mass is 10.2. The number of nitro groups is 1. The van der Waals surface area contributed by atoms with Gasteiger partial charge in [0.2, 0.25) is 10.0 Å². The summed E-state index contributed by atoms with van der Waals surface area (Å²) in [5.74, 6) is 0. The van der Waals surface area contributed by atoms with E-state index in [4.69, 9.17) is 0 Å². The molecule has 9 nitrogen and oxygen atoms in total. The Kier molecular flexibility index (Phi) is 7.08. The van der Waals surface area contributed by atoms with Crippen LogP contribution >= 0.6 is 11.3 Å². The second kappa shape index (κ2) is 9.82. The number of thiazole rings is 1. The topological polar surface area (TPSA) is 99.9 Å². The lowest BCUT2D eigenvalue weighted by molar-refractivity contribution is -0.384. The van der Waals surface area contributed by atoms with Crippen molar-refractivity contribution in [2.75, 3.05) is 44.2 Å². The molecular weight excluding hydrogens is 450 g/mol.